The molecule has 1 aliphatic rings. The number of ether oxygens (including phenoxy) is 1. The normalized spacial score (nSPS) is 17.3. The molecule has 1 aromatic carbocycles. The molecule has 7 nitrogen and oxygen atoms in total. The molecule has 0 fully saturated rings. The number of hydrogen-bond acceptors (Lipinski definition) is 6. The minimum Gasteiger partial charge on any atom is -0.444 e. The van der Waals surface area contributed by atoms with E-state index in [0.717, 1.165) is 16.3 Å². The Kier molecular flexibility index (Phi) is 8.19. The van der Waals surface area contributed by atoms with Crippen molar-refractivity contribution in [2.45, 2.75) is 51.9 Å². The average Bonchev–Trinajstić information content (AvgIpc) is 3.06. The molecule has 0 radical (unpaired) electrons. The molecule has 28 heavy (non-hydrogen) atoms. The van der Waals surface area contributed by atoms with E-state index in [4.69, 9.17) is 9.57 Å². The van der Waals surface area contributed by atoms with Crippen LogP contribution in [0, 0.1) is 0 Å². The minimum atomic E-state index is -0.750. The third-order valence-corrected chi connectivity index (χ3v) is 4.53. The Bertz CT molecular complexity index is 688. The van der Waals surface area contributed by atoms with Crippen LogP contribution >= 0.6 is 11.8 Å². The van der Waals surface area contributed by atoms with Gasteiger partial charge in [-0.3, -0.25) is 15.1 Å². The summed E-state index contributed by atoms with van der Waals surface area (Å²) in [5, 5.41) is 6.46. The van der Waals surface area contributed by atoms with Crippen molar-refractivity contribution >= 4 is 23.8 Å². The fourth-order valence-electron chi connectivity index (χ4n) is 2.54. The number of amides is 2. The number of carbonyl (C=O) groups excluding carboxylic acids is 2. The molecule has 1 aromatic rings. The van der Waals surface area contributed by atoms with Gasteiger partial charge >= 0.3 is 6.09 Å². The molecule has 154 valence electrons. The van der Waals surface area contributed by atoms with Crippen molar-refractivity contribution in [1.29, 1.82) is 0 Å². The number of nitrogens with one attached hydrogen (secondary N) is 3. The lowest BCUT2D eigenvalue weighted by Gasteiger charge is -2.23. The summed E-state index contributed by atoms with van der Waals surface area (Å²) in [6.07, 6.45) is 1.42. The lowest BCUT2D eigenvalue weighted by atomic mass is 10.1. The van der Waals surface area contributed by atoms with Crippen molar-refractivity contribution in [2.24, 2.45) is 0 Å². The summed E-state index contributed by atoms with van der Waals surface area (Å²) in [6, 6.07) is 8.78. The van der Waals surface area contributed by atoms with Crippen molar-refractivity contribution in [3.05, 3.63) is 47.0 Å². The summed E-state index contributed by atoms with van der Waals surface area (Å²) < 4.78 is 5.30. The van der Waals surface area contributed by atoms with Gasteiger partial charge < -0.3 is 15.4 Å². The lowest BCUT2D eigenvalue weighted by Crippen LogP contribution is -2.50. The highest BCUT2D eigenvalue weighted by Crippen LogP contribution is 2.18. The number of thioether (sulfide) groups is 1. The first kappa shape index (κ1) is 22.1. The standard InChI is InChI=1S/C20H29N3O4S/c1-5-28-17-12-15(27-23-17)13-21-18(24)16(11-14-9-7-6-8-10-14)22-19(25)26-20(2,3)4/h6-10,12,15-16,23H,5,11,13H2,1-4H3,(H,21,24)(H,22,25)/t15?,16-/m0/s1. The van der Waals surface area contributed by atoms with E-state index in [1.165, 1.54) is 0 Å². The zero-order valence-electron chi connectivity index (χ0n) is 16.8. The monoisotopic (exact) mass is 407 g/mol. The summed E-state index contributed by atoms with van der Waals surface area (Å²) >= 11 is 1.64. The number of rotatable bonds is 8. The van der Waals surface area contributed by atoms with Gasteiger partial charge in [-0.1, -0.05) is 37.3 Å². The third kappa shape index (κ3) is 7.82. The molecule has 1 heterocycles. The van der Waals surface area contributed by atoms with Gasteiger partial charge in [0.25, 0.3) is 0 Å². The topological polar surface area (TPSA) is 88.7 Å². The van der Waals surface area contributed by atoms with Crippen molar-refractivity contribution in [2.75, 3.05) is 12.3 Å². The van der Waals surface area contributed by atoms with Gasteiger partial charge in [0.1, 0.15) is 17.7 Å². The third-order valence-electron chi connectivity index (χ3n) is 3.72. The van der Waals surface area contributed by atoms with E-state index in [1.54, 1.807) is 32.5 Å². The summed E-state index contributed by atoms with van der Waals surface area (Å²) in [6.45, 7) is 7.70. The molecule has 2 rings (SSSR count). The zero-order valence-corrected chi connectivity index (χ0v) is 17.6. The first-order valence-electron chi connectivity index (χ1n) is 9.34. The van der Waals surface area contributed by atoms with E-state index >= 15 is 0 Å². The molecule has 0 aromatic heterocycles. The van der Waals surface area contributed by atoms with Gasteiger partial charge in [0, 0.05) is 6.42 Å². The maximum atomic E-state index is 12.7. The van der Waals surface area contributed by atoms with E-state index in [1.807, 2.05) is 36.4 Å². The predicted molar refractivity (Wildman–Crippen MR) is 111 cm³/mol. The Balaban J connectivity index is 1.97. The van der Waals surface area contributed by atoms with Gasteiger partial charge in [-0.05, 0) is 38.2 Å². The van der Waals surface area contributed by atoms with E-state index in [-0.39, 0.29) is 12.0 Å². The van der Waals surface area contributed by atoms with Crippen LogP contribution in [0.1, 0.15) is 33.3 Å². The second kappa shape index (κ2) is 10.4. The first-order chi connectivity index (χ1) is 13.3. The Morgan fingerprint density at radius 3 is 2.64 bits per heavy atom. The van der Waals surface area contributed by atoms with Crippen LogP contribution in [-0.4, -0.2) is 42.0 Å². The molecule has 8 heteroatoms. The highest BCUT2D eigenvalue weighted by Gasteiger charge is 2.26. The number of hydroxylamine groups is 1. The van der Waals surface area contributed by atoms with E-state index in [0.29, 0.717) is 13.0 Å². The molecule has 1 aliphatic heterocycles. The number of hydrogen-bond donors (Lipinski definition) is 3. The van der Waals surface area contributed by atoms with Crippen molar-refractivity contribution in [3.63, 3.8) is 0 Å². The summed E-state index contributed by atoms with van der Waals surface area (Å²) in [4.78, 5) is 30.3. The van der Waals surface area contributed by atoms with Crippen LogP contribution in [0.2, 0.25) is 0 Å². The maximum absolute atomic E-state index is 12.7. The Morgan fingerprint density at radius 1 is 1.29 bits per heavy atom. The predicted octanol–water partition coefficient (Wildman–Crippen LogP) is 2.74. The number of alkyl carbamates (subject to hydrolysis) is 1. The van der Waals surface area contributed by atoms with Gasteiger partial charge in [-0.2, -0.15) is 0 Å². The number of benzene rings is 1. The van der Waals surface area contributed by atoms with E-state index < -0.39 is 17.7 Å². The molecule has 0 spiro atoms. The molecule has 2 atom stereocenters. The first-order valence-corrected chi connectivity index (χ1v) is 10.3. The SMILES string of the molecule is CCSC1=CC(CNC(=O)[C@H](Cc2ccccc2)NC(=O)OC(C)(C)C)ON1. The van der Waals surface area contributed by atoms with Gasteiger partial charge in [0.05, 0.1) is 11.6 Å². The van der Waals surface area contributed by atoms with Crippen LogP contribution in [0.4, 0.5) is 4.79 Å². The summed E-state index contributed by atoms with van der Waals surface area (Å²) in [5.41, 5.74) is 3.15. The van der Waals surface area contributed by atoms with Crippen LogP contribution in [0.3, 0.4) is 0 Å². The Labute approximate surface area is 170 Å². The second-order valence-corrected chi connectivity index (χ2v) is 8.66. The smallest absolute Gasteiger partial charge is 0.408 e. The zero-order chi connectivity index (χ0) is 20.6. The van der Waals surface area contributed by atoms with Crippen LogP contribution in [-0.2, 0) is 20.8 Å². The average molecular weight is 408 g/mol. The molecule has 0 aliphatic carbocycles. The van der Waals surface area contributed by atoms with Gasteiger partial charge in [-0.15, -0.1) is 11.8 Å². The lowest BCUT2D eigenvalue weighted by molar-refractivity contribution is -0.123. The quantitative estimate of drug-likeness (QED) is 0.614. The summed E-state index contributed by atoms with van der Waals surface area (Å²) in [5.74, 6) is 0.642. The van der Waals surface area contributed by atoms with Crippen LogP contribution < -0.4 is 16.1 Å². The minimum absolute atomic E-state index is 0.253. The molecular formula is C20H29N3O4S. The van der Waals surface area contributed by atoms with E-state index in [2.05, 4.69) is 23.0 Å². The second-order valence-electron chi connectivity index (χ2n) is 7.36. The highest BCUT2D eigenvalue weighted by molar-refractivity contribution is 8.02. The number of carbonyl (C=O) groups is 2. The van der Waals surface area contributed by atoms with Crippen molar-refractivity contribution < 1.29 is 19.2 Å². The fraction of sp³-hybridized carbons (Fsp3) is 0.500. The molecule has 1 unspecified atom stereocenters. The maximum Gasteiger partial charge on any atom is 0.408 e. The van der Waals surface area contributed by atoms with Gasteiger partial charge in [0.15, 0.2) is 0 Å². The van der Waals surface area contributed by atoms with Crippen LogP contribution in [0.25, 0.3) is 0 Å². The Hall–Kier alpha value is -2.19. The molecule has 3 N–H and O–H groups in total. The fourth-order valence-corrected chi connectivity index (χ4v) is 3.20. The largest absolute Gasteiger partial charge is 0.444 e. The van der Waals surface area contributed by atoms with Gasteiger partial charge in [0.2, 0.25) is 5.91 Å². The van der Waals surface area contributed by atoms with Crippen molar-refractivity contribution in [3.8, 4) is 0 Å². The van der Waals surface area contributed by atoms with Crippen LogP contribution in [0.5, 0.6) is 0 Å². The molecular weight excluding hydrogens is 378 g/mol. The molecule has 2 amide bonds. The van der Waals surface area contributed by atoms with Crippen molar-refractivity contribution in [1.82, 2.24) is 16.1 Å². The molecule has 0 saturated carbocycles. The van der Waals surface area contributed by atoms with Crippen LogP contribution in [0.15, 0.2) is 41.4 Å². The highest BCUT2D eigenvalue weighted by atomic mass is 32.2. The Morgan fingerprint density at radius 2 is 2.00 bits per heavy atom. The molecule has 0 saturated heterocycles. The molecule has 0 bridgehead atoms. The van der Waals surface area contributed by atoms with E-state index in [9.17, 15) is 9.59 Å². The summed E-state index contributed by atoms with van der Waals surface area (Å²) in [7, 11) is 0. The van der Waals surface area contributed by atoms with Gasteiger partial charge in [-0.25, -0.2) is 4.79 Å².